The van der Waals surface area contributed by atoms with E-state index in [1.165, 1.54) is 5.56 Å². The van der Waals surface area contributed by atoms with Gasteiger partial charge < -0.3 is 0 Å². The highest BCUT2D eigenvalue weighted by molar-refractivity contribution is 5.21. The Morgan fingerprint density at radius 3 is 1.58 bits per heavy atom. The predicted molar refractivity (Wildman–Crippen MR) is 48.6 cm³/mol. The fourth-order valence-corrected chi connectivity index (χ4v) is 0.938. The summed E-state index contributed by atoms with van der Waals surface area (Å²) in [7, 11) is 0. The SMILES string of the molecule is CC(C)(C)c1ccccc1.N#N. The number of nitrogens with zero attached hydrogens (tertiary/aromatic N) is 2. The lowest BCUT2D eigenvalue weighted by Gasteiger charge is -2.18. The van der Waals surface area contributed by atoms with Crippen molar-refractivity contribution in [2.75, 3.05) is 0 Å². The Kier molecular flexibility index (Phi) is 3.99. The maximum absolute atomic E-state index is 6.00. The molecule has 0 radical (unpaired) electrons. The zero-order valence-corrected chi connectivity index (χ0v) is 7.78. The van der Waals surface area contributed by atoms with Crippen molar-refractivity contribution in [3.63, 3.8) is 0 Å². The summed E-state index contributed by atoms with van der Waals surface area (Å²) in [5.41, 5.74) is 1.69. The molecule has 1 rings (SSSR count). The van der Waals surface area contributed by atoms with Crippen molar-refractivity contribution in [1.29, 1.82) is 10.8 Å². The van der Waals surface area contributed by atoms with E-state index in [2.05, 4.69) is 51.1 Å². The summed E-state index contributed by atoms with van der Waals surface area (Å²) in [5, 5.41) is 12.0. The second-order valence-electron chi connectivity index (χ2n) is 3.62. The van der Waals surface area contributed by atoms with Crippen LogP contribution in [0.4, 0.5) is 0 Å². The molecule has 2 nitrogen and oxygen atoms in total. The maximum Gasteiger partial charge on any atom is 0 e. The molecule has 0 aliphatic carbocycles. The van der Waals surface area contributed by atoms with Gasteiger partial charge in [-0.1, -0.05) is 51.1 Å². The van der Waals surface area contributed by atoms with Crippen LogP contribution in [-0.2, 0) is 5.41 Å². The summed E-state index contributed by atoms with van der Waals surface area (Å²) in [4.78, 5) is 0. The molecule has 0 bridgehead atoms. The molecule has 1 aromatic carbocycles. The average molecular weight is 162 g/mol. The monoisotopic (exact) mass is 162 g/mol. The Bertz CT molecular complexity index is 231. The number of hydrogen-bond acceptors (Lipinski definition) is 2. The van der Waals surface area contributed by atoms with Crippen molar-refractivity contribution < 1.29 is 0 Å². The summed E-state index contributed by atoms with van der Waals surface area (Å²) in [6, 6.07) is 10.6. The lowest BCUT2D eigenvalue weighted by Crippen LogP contribution is -2.10. The van der Waals surface area contributed by atoms with Crippen LogP contribution in [0.5, 0.6) is 0 Å². The first-order valence-electron chi connectivity index (χ1n) is 3.86. The second kappa shape index (κ2) is 4.50. The summed E-state index contributed by atoms with van der Waals surface area (Å²) in [6.45, 7) is 6.67. The van der Waals surface area contributed by atoms with Crippen LogP contribution >= 0.6 is 0 Å². The van der Waals surface area contributed by atoms with Crippen molar-refractivity contribution in [3.05, 3.63) is 35.9 Å². The standard InChI is InChI=1S/C10H14.N2/c1-10(2,3)9-7-5-4-6-8-9;1-2/h4-8H,1-3H3;. The van der Waals surface area contributed by atoms with E-state index in [0.717, 1.165) is 0 Å². The maximum atomic E-state index is 6.00. The topological polar surface area (TPSA) is 47.6 Å². The van der Waals surface area contributed by atoms with E-state index in [4.69, 9.17) is 10.8 Å². The molecule has 1 aromatic rings. The molecule has 0 saturated carbocycles. The molecule has 0 amide bonds. The van der Waals surface area contributed by atoms with E-state index in [1.807, 2.05) is 0 Å². The van der Waals surface area contributed by atoms with Crippen molar-refractivity contribution in [3.8, 4) is 0 Å². The second-order valence-corrected chi connectivity index (χ2v) is 3.62. The molecular weight excluding hydrogens is 148 g/mol. The molecule has 12 heavy (non-hydrogen) atoms. The molecule has 0 fully saturated rings. The van der Waals surface area contributed by atoms with E-state index >= 15 is 0 Å². The predicted octanol–water partition coefficient (Wildman–Crippen LogP) is 3.01. The summed E-state index contributed by atoms with van der Waals surface area (Å²) in [5.74, 6) is 0. The van der Waals surface area contributed by atoms with Crippen LogP contribution in [0.1, 0.15) is 26.3 Å². The smallest absolute Gasteiger partial charge is 0 e. The molecule has 0 aromatic heterocycles. The van der Waals surface area contributed by atoms with Gasteiger partial charge in [0.05, 0.1) is 0 Å². The molecule has 2 heteroatoms. The van der Waals surface area contributed by atoms with Gasteiger partial charge in [0.25, 0.3) is 0 Å². The minimum atomic E-state index is 0.293. The summed E-state index contributed by atoms with van der Waals surface area (Å²) in [6.07, 6.45) is 0. The number of hydrogen-bond donors (Lipinski definition) is 0. The first-order chi connectivity index (χ1) is 5.61. The Morgan fingerprint density at radius 2 is 1.33 bits per heavy atom. The summed E-state index contributed by atoms with van der Waals surface area (Å²) < 4.78 is 0. The molecule has 0 aliphatic rings. The molecule has 0 N–H and O–H groups in total. The van der Waals surface area contributed by atoms with Crippen molar-refractivity contribution in [1.82, 2.24) is 0 Å². The Balaban J connectivity index is 0.000000561. The van der Waals surface area contributed by atoms with Gasteiger partial charge in [-0.05, 0) is 11.0 Å². The largest absolute Gasteiger partial charge is 0.0622 e. The summed E-state index contributed by atoms with van der Waals surface area (Å²) >= 11 is 0. The van der Waals surface area contributed by atoms with Gasteiger partial charge in [0.15, 0.2) is 0 Å². The highest BCUT2D eigenvalue weighted by atomic mass is 14.6. The average Bonchev–Trinajstić information content (AvgIpc) is 2.08. The van der Waals surface area contributed by atoms with Gasteiger partial charge in [-0.2, -0.15) is 0 Å². The Hall–Kier alpha value is -1.36. The molecule has 0 unspecified atom stereocenters. The minimum Gasteiger partial charge on any atom is -0.0622 e. The van der Waals surface area contributed by atoms with E-state index in [9.17, 15) is 0 Å². The first kappa shape index (κ1) is 10.6. The molecule has 0 aliphatic heterocycles. The van der Waals surface area contributed by atoms with Crippen LogP contribution in [0, 0.1) is 10.8 Å². The number of rotatable bonds is 0. The van der Waals surface area contributed by atoms with Crippen molar-refractivity contribution in [2.45, 2.75) is 26.2 Å². The Labute approximate surface area is 73.6 Å². The fourth-order valence-electron chi connectivity index (χ4n) is 0.938. The zero-order chi connectivity index (χ0) is 9.61. The van der Waals surface area contributed by atoms with Crippen LogP contribution in [0.15, 0.2) is 30.3 Å². The van der Waals surface area contributed by atoms with Crippen LogP contribution in [0.2, 0.25) is 0 Å². The highest BCUT2D eigenvalue weighted by Gasteiger charge is 2.11. The zero-order valence-electron chi connectivity index (χ0n) is 7.78. The minimum absolute atomic E-state index is 0.293. The van der Waals surface area contributed by atoms with Gasteiger partial charge in [-0.15, -0.1) is 0 Å². The van der Waals surface area contributed by atoms with Gasteiger partial charge in [0.1, 0.15) is 0 Å². The normalized spacial score (nSPS) is 9.75. The van der Waals surface area contributed by atoms with Crippen molar-refractivity contribution in [2.24, 2.45) is 0 Å². The van der Waals surface area contributed by atoms with Crippen LogP contribution in [0.3, 0.4) is 0 Å². The van der Waals surface area contributed by atoms with E-state index < -0.39 is 0 Å². The van der Waals surface area contributed by atoms with E-state index in [-0.39, 0.29) is 0 Å². The third kappa shape index (κ3) is 3.16. The van der Waals surface area contributed by atoms with E-state index in [1.54, 1.807) is 0 Å². The van der Waals surface area contributed by atoms with Gasteiger partial charge in [-0.25, -0.2) is 0 Å². The van der Waals surface area contributed by atoms with Gasteiger partial charge in [-0.3, -0.25) is 0 Å². The van der Waals surface area contributed by atoms with Gasteiger partial charge in [0, 0.05) is 10.8 Å². The first-order valence-corrected chi connectivity index (χ1v) is 3.86. The third-order valence-corrected chi connectivity index (χ3v) is 1.64. The quantitative estimate of drug-likeness (QED) is 0.550. The highest BCUT2D eigenvalue weighted by Crippen LogP contribution is 2.20. The van der Waals surface area contributed by atoms with Crippen LogP contribution < -0.4 is 0 Å². The molecule has 0 spiro atoms. The van der Waals surface area contributed by atoms with Gasteiger partial charge in [0.2, 0.25) is 0 Å². The molecule has 0 heterocycles. The Morgan fingerprint density at radius 1 is 0.917 bits per heavy atom. The fraction of sp³-hybridized carbons (Fsp3) is 0.400. The molecule has 0 atom stereocenters. The van der Waals surface area contributed by atoms with Crippen molar-refractivity contribution >= 4 is 0 Å². The van der Waals surface area contributed by atoms with Crippen LogP contribution in [-0.4, -0.2) is 0 Å². The molecular formula is C10H14N2. The lowest BCUT2D eigenvalue weighted by molar-refractivity contribution is 0.590. The van der Waals surface area contributed by atoms with E-state index in [0.29, 0.717) is 5.41 Å². The van der Waals surface area contributed by atoms with Crippen LogP contribution in [0.25, 0.3) is 0 Å². The third-order valence-electron chi connectivity index (χ3n) is 1.64. The van der Waals surface area contributed by atoms with Gasteiger partial charge >= 0.3 is 0 Å². The molecule has 64 valence electrons. The molecule has 0 saturated heterocycles. The lowest BCUT2D eigenvalue weighted by atomic mass is 9.87. The number of benzene rings is 1.